The summed E-state index contributed by atoms with van der Waals surface area (Å²) < 4.78 is 64.4. The Kier molecular flexibility index (Phi) is 6.49. The van der Waals surface area contributed by atoms with Crippen molar-refractivity contribution in [3.63, 3.8) is 0 Å². The average molecular weight is 403 g/mol. The Balaban J connectivity index is 3.02. The van der Waals surface area contributed by atoms with Crippen molar-refractivity contribution in [3.05, 3.63) is 23.2 Å². The van der Waals surface area contributed by atoms with Crippen LogP contribution in [0.1, 0.15) is 20.8 Å². The summed E-state index contributed by atoms with van der Waals surface area (Å²) in [4.78, 5) is 11.4. The highest BCUT2D eigenvalue weighted by Crippen LogP contribution is 2.32. The molecule has 0 spiro atoms. The van der Waals surface area contributed by atoms with E-state index >= 15 is 0 Å². The van der Waals surface area contributed by atoms with Crippen LogP contribution in [0.3, 0.4) is 0 Å². The van der Waals surface area contributed by atoms with E-state index in [-0.39, 0.29) is 28.1 Å². The Hall–Kier alpha value is -1.36. The first-order valence-electron chi connectivity index (χ1n) is 7.08. The smallest absolute Gasteiger partial charge is 0.373 e. The van der Waals surface area contributed by atoms with Gasteiger partial charge in [0.25, 0.3) is 5.91 Å². The van der Waals surface area contributed by atoms with Gasteiger partial charge in [0.2, 0.25) is 15.6 Å². The molecule has 0 saturated carbocycles. The van der Waals surface area contributed by atoms with Crippen molar-refractivity contribution < 1.29 is 31.5 Å². The Morgan fingerprint density at radius 3 is 2.32 bits per heavy atom. The van der Waals surface area contributed by atoms with Gasteiger partial charge in [-0.2, -0.15) is 13.2 Å². The first-order valence-corrected chi connectivity index (χ1v) is 8.94. The zero-order chi connectivity index (χ0) is 19.6. The highest BCUT2D eigenvalue weighted by atomic mass is 35.5. The second-order valence-corrected chi connectivity index (χ2v) is 8.09. The van der Waals surface area contributed by atoms with Gasteiger partial charge in [0, 0.05) is 6.54 Å². The molecule has 6 nitrogen and oxygen atoms in total. The molecule has 0 aliphatic rings. The van der Waals surface area contributed by atoms with Crippen molar-refractivity contribution in [1.82, 2.24) is 4.72 Å². The van der Waals surface area contributed by atoms with E-state index in [0.29, 0.717) is 6.92 Å². The fraction of sp³-hybridized carbons (Fsp3) is 0.500. The lowest BCUT2D eigenvalue weighted by Crippen LogP contribution is -2.52. The van der Waals surface area contributed by atoms with Crippen LogP contribution in [0.4, 0.5) is 18.9 Å². The molecular formula is C14H18ClF3N2O4S. The monoisotopic (exact) mass is 402 g/mol. The molecular weight excluding hydrogens is 385 g/mol. The van der Waals surface area contributed by atoms with E-state index in [2.05, 4.69) is 4.72 Å². The van der Waals surface area contributed by atoms with Crippen molar-refractivity contribution in [1.29, 1.82) is 0 Å². The number of carbonyl (C=O) groups is 1. The van der Waals surface area contributed by atoms with E-state index < -0.39 is 27.7 Å². The van der Waals surface area contributed by atoms with Crippen molar-refractivity contribution in [3.8, 4) is 0 Å². The van der Waals surface area contributed by atoms with Crippen LogP contribution in [0.15, 0.2) is 23.1 Å². The number of alkyl halides is 3. The van der Waals surface area contributed by atoms with Crippen LogP contribution in [-0.4, -0.2) is 37.8 Å². The fourth-order valence-corrected chi connectivity index (χ4v) is 3.03. The molecule has 0 fully saturated rings. The maximum Gasteiger partial charge on any atom is 0.426 e. The van der Waals surface area contributed by atoms with E-state index in [4.69, 9.17) is 11.6 Å². The molecule has 142 valence electrons. The number of hydrogen-bond acceptors (Lipinski definition) is 4. The molecule has 0 aliphatic heterocycles. The number of rotatable bonds is 6. The fourth-order valence-electron chi connectivity index (χ4n) is 1.50. The molecule has 0 aliphatic carbocycles. The molecule has 0 heterocycles. The van der Waals surface area contributed by atoms with Gasteiger partial charge < -0.3 is 10.4 Å². The third-order valence-corrected chi connectivity index (χ3v) is 4.91. The molecule has 25 heavy (non-hydrogen) atoms. The van der Waals surface area contributed by atoms with Crippen LogP contribution in [0, 0.1) is 5.92 Å². The summed E-state index contributed by atoms with van der Waals surface area (Å²) in [6, 6.07) is 3.10. The van der Waals surface area contributed by atoms with Gasteiger partial charge in [-0.25, -0.2) is 13.1 Å². The molecule has 0 bridgehead atoms. The lowest BCUT2D eigenvalue weighted by atomic mass is 10.1. The number of amides is 1. The molecule has 0 radical (unpaired) electrons. The first kappa shape index (κ1) is 21.7. The second kappa shape index (κ2) is 7.48. The van der Waals surface area contributed by atoms with Crippen LogP contribution in [0.25, 0.3) is 0 Å². The molecule has 1 rings (SSSR count). The number of carbonyl (C=O) groups excluding carboxylic acids is 1. The summed E-state index contributed by atoms with van der Waals surface area (Å²) in [5, 5.41) is 10.8. The number of halogens is 4. The molecule has 0 saturated heterocycles. The third-order valence-electron chi connectivity index (χ3n) is 3.17. The summed E-state index contributed by atoms with van der Waals surface area (Å²) in [6.45, 7) is 4.10. The third kappa shape index (κ3) is 5.30. The highest BCUT2D eigenvalue weighted by molar-refractivity contribution is 7.89. The Morgan fingerprint density at radius 2 is 1.88 bits per heavy atom. The Bertz CT molecular complexity index is 749. The summed E-state index contributed by atoms with van der Waals surface area (Å²) in [7, 11) is -3.85. The van der Waals surface area contributed by atoms with Crippen LogP contribution >= 0.6 is 11.6 Å². The van der Waals surface area contributed by atoms with Gasteiger partial charge in [-0.3, -0.25) is 4.79 Å². The van der Waals surface area contributed by atoms with E-state index in [9.17, 15) is 31.5 Å². The Labute approximate surface area is 148 Å². The Morgan fingerprint density at radius 1 is 1.32 bits per heavy atom. The minimum Gasteiger partial charge on any atom is -0.373 e. The van der Waals surface area contributed by atoms with Gasteiger partial charge in [-0.1, -0.05) is 25.4 Å². The lowest BCUT2D eigenvalue weighted by Gasteiger charge is -2.25. The minimum absolute atomic E-state index is 0.0633. The number of benzene rings is 1. The topological polar surface area (TPSA) is 95.5 Å². The van der Waals surface area contributed by atoms with E-state index in [1.165, 1.54) is 0 Å². The quantitative estimate of drug-likeness (QED) is 0.681. The van der Waals surface area contributed by atoms with Gasteiger partial charge in [-0.15, -0.1) is 0 Å². The van der Waals surface area contributed by atoms with Crippen LogP contribution in [-0.2, 0) is 14.8 Å². The zero-order valence-corrected chi connectivity index (χ0v) is 15.2. The minimum atomic E-state index is -5.19. The molecule has 1 atom stereocenters. The number of aliphatic hydroxyl groups is 1. The molecule has 3 N–H and O–H groups in total. The van der Waals surface area contributed by atoms with Gasteiger partial charge in [0.05, 0.1) is 15.6 Å². The predicted molar refractivity (Wildman–Crippen MR) is 86.8 cm³/mol. The van der Waals surface area contributed by atoms with Gasteiger partial charge in [0.15, 0.2) is 0 Å². The number of anilines is 1. The van der Waals surface area contributed by atoms with Crippen molar-refractivity contribution in [2.75, 3.05) is 11.9 Å². The molecule has 1 aromatic rings. The van der Waals surface area contributed by atoms with E-state index in [1.807, 2.05) is 5.32 Å². The van der Waals surface area contributed by atoms with E-state index in [1.54, 1.807) is 13.8 Å². The maximum absolute atomic E-state index is 12.6. The summed E-state index contributed by atoms with van der Waals surface area (Å²) in [5.74, 6) is -1.68. The highest BCUT2D eigenvalue weighted by Gasteiger charge is 2.55. The molecule has 0 aromatic heterocycles. The molecule has 1 amide bonds. The van der Waals surface area contributed by atoms with E-state index in [0.717, 1.165) is 18.2 Å². The van der Waals surface area contributed by atoms with Crippen LogP contribution in [0.5, 0.6) is 0 Å². The summed E-state index contributed by atoms with van der Waals surface area (Å²) >= 11 is 5.84. The lowest BCUT2D eigenvalue weighted by molar-refractivity contribution is -0.242. The summed E-state index contributed by atoms with van der Waals surface area (Å²) in [5.41, 5.74) is -3.89. The number of hydrogen-bond donors (Lipinski definition) is 3. The SMILES string of the molecule is CC(C)CNS(=O)(=O)c1ccc(NC(=O)C(C)(O)C(F)(F)F)c(Cl)c1. The number of nitrogens with one attached hydrogen (secondary N) is 2. The first-order chi connectivity index (χ1) is 11.2. The number of sulfonamides is 1. The standard InChI is InChI=1S/C14H18ClF3N2O4S/c1-8(2)7-19-25(23,24)9-4-5-11(10(15)6-9)20-12(21)13(3,22)14(16,17)18/h4-6,8,19,22H,7H2,1-3H3,(H,20,21). The predicted octanol–water partition coefficient (Wildman–Crippen LogP) is 2.53. The van der Waals surface area contributed by atoms with Crippen molar-refractivity contribution in [2.45, 2.75) is 37.4 Å². The zero-order valence-electron chi connectivity index (χ0n) is 13.6. The second-order valence-electron chi connectivity index (χ2n) is 5.91. The van der Waals surface area contributed by atoms with Crippen molar-refractivity contribution in [2.24, 2.45) is 5.92 Å². The average Bonchev–Trinajstić information content (AvgIpc) is 2.45. The normalized spacial score (nSPS) is 15.1. The van der Waals surface area contributed by atoms with Gasteiger partial charge >= 0.3 is 6.18 Å². The van der Waals surface area contributed by atoms with Crippen molar-refractivity contribution >= 4 is 33.2 Å². The van der Waals surface area contributed by atoms with Gasteiger partial charge in [-0.05, 0) is 31.0 Å². The van der Waals surface area contributed by atoms with Crippen LogP contribution < -0.4 is 10.0 Å². The van der Waals surface area contributed by atoms with Gasteiger partial charge in [0.1, 0.15) is 0 Å². The maximum atomic E-state index is 12.6. The molecule has 1 unspecified atom stereocenters. The molecule has 11 heteroatoms. The largest absolute Gasteiger partial charge is 0.426 e. The van der Waals surface area contributed by atoms with Crippen LogP contribution in [0.2, 0.25) is 5.02 Å². The molecule has 1 aromatic carbocycles. The summed E-state index contributed by atoms with van der Waals surface area (Å²) in [6.07, 6.45) is -5.19.